The second kappa shape index (κ2) is 5.91. The van der Waals surface area contributed by atoms with Crippen molar-refractivity contribution >= 4 is 17.8 Å². The van der Waals surface area contributed by atoms with E-state index in [9.17, 15) is 18.8 Å². The number of urea groups is 1. The van der Waals surface area contributed by atoms with E-state index in [1.165, 1.54) is 17.0 Å². The molecular formula is C18H15FN4O3. The fraction of sp³-hybridized carbons (Fsp3) is 0.222. The van der Waals surface area contributed by atoms with Crippen LogP contribution in [-0.4, -0.2) is 39.8 Å². The second-order valence-electron chi connectivity index (χ2n) is 6.49. The average Bonchev–Trinajstić information content (AvgIpc) is 3.05. The number of nitrogens with zero attached hydrogens (tertiary/aromatic N) is 2. The number of amides is 4. The highest BCUT2D eigenvalue weighted by Gasteiger charge is 2.49. The maximum Gasteiger partial charge on any atom is 0.322 e. The van der Waals surface area contributed by atoms with Gasteiger partial charge in [0.2, 0.25) is 0 Å². The van der Waals surface area contributed by atoms with E-state index in [1.54, 1.807) is 30.6 Å². The van der Waals surface area contributed by atoms with Crippen LogP contribution in [0.25, 0.3) is 0 Å². The zero-order valence-electron chi connectivity index (χ0n) is 13.7. The van der Waals surface area contributed by atoms with Gasteiger partial charge in [0.25, 0.3) is 11.8 Å². The molecule has 8 heteroatoms. The summed E-state index contributed by atoms with van der Waals surface area (Å²) >= 11 is 0. The highest BCUT2D eigenvalue weighted by atomic mass is 19.1. The number of carbonyl (C=O) groups excluding carboxylic acids is 3. The van der Waals surface area contributed by atoms with Gasteiger partial charge in [-0.05, 0) is 35.4 Å². The van der Waals surface area contributed by atoms with Gasteiger partial charge in [-0.15, -0.1) is 0 Å². The Hall–Kier alpha value is -3.29. The summed E-state index contributed by atoms with van der Waals surface area (Å²) in [5.41, 5.74) is 0.496. The maximum absolute atomic E-state index is 13.4. The monoisotopic (exact) mass is 354 g/mol. The molecule has 132 valence electrons. The molecule has 4 rings (SSSR count). The van der Waals surface area contributed by atoms with Crippen LogP contribution in [0.2, 0.25) is 0 Å². The smallest absolute Gasteiger partial charge is 0.322 e. The standard InChI is InChI=1S/C18H15FN4O3/c19-13-2-1-12-9-23(15(24)14(12)7-13)10-18(16(25)21-17(26)22-18)8-11-3-5-20-6-4-11/h1-7H,8-10H2,(H2,21,22,25,26). The number of halogens is 1. The van der Waals surface area contributed by atoms with Crippen molar-refractivity contribution in [3.05, 3.63) is 65.2 Å². The normalized spacial score (nSPS) is 21.6. The van der Waals surface area contributed by atoms with E-state index >= 15 is 0 Å². The molecule has 4 amide bonds. The van der Waals surface area contributed by atoms with Gasteiger partial charge in [-0.3, -0.25) is 19.9 Å². The van der Waals surface area contributed by atoms with Crippen molar-refractivity contribution in [1.29, 1.82) is 0 Å². The summed E-state index contributed by atoms with van der Waals surface area (Å²) in [4.78, 5) is 42.3. The minimum absolute atomic E-state index is 0.0119. The lowest BCUT2D eigenvalue weighted by Gasteiger charge is -2.31. The maximum atomic E-state index is 13.4. The van der Waals surface area contributed by atoms with Gasteiger partial charge in [0.05, 0.1) is 6.54 Å². The minimum atomic E-state index is -1.28. The first-order valence-corrected chi connectivity index (χ1v) is 8.07. The van der Waals surface area contributed by atoms with Crippen LogP contribution in [0.1, 0.15) is 21.5 Å². The molecule has 26 heavy (non-hydrogen) atoms. The highest BCUT2D eigenvalue weighted by molar-refractivity contribution is 6.08. The van der Waals surface area contributed by atoms with Gasteiger partial charge in [0.1, 0.15) is 11.4 Å². The Morgan fingerprint density at radius 2 is 1.92 bits per heavy atom. The number of pyridine rings is 1. The number of aromatic nitrogens is 1. The minimum Gasteiger partial charge on any atom is -0.331 e. The van der Waals surface area contributed by atoms with Crippen molar-refractivity contribution in [2.45, 2.75) is 18.5 Å². The Morgan fingerprint density at radius 1 is 1.15 bits per heavy atom. The first kappa shape index (κ1) is 16.2. The Bertz CT molecular complexity index is 918. The zero-order chi connectivity index (χ0) is 18.3. The molecule has 7 nitrogen and oxygen atoms in total. The SMILES string of the molecule is O=C1NC(=O)C(Cc2ccncc2)(CN2Cc3ccc(F)cc3C2=O)N1. The van der Waals surface area contributed by atoms with E-state index < -0.39 is 23.3 Å². The van der Waals surface area contributed by atoms with Gasteiger partial charge >= 0.3 is 6.03 Å². The Balaban J connectivity index is 1.63. The molecule has 0 spiro atoms. The molecule has 0 aliphatic carbocycles. The molecule has 2 aliphatic rings. The van der Waals surface area contributed by atoms with Crippen LogP contribution in [0.3, 0.4) is 0 Å². The van der Waals surface area contributed by atoms with E-state index in [4.69, 9.17) is 0 Å². The van der Waals surface area contributed by atoms with Crippen LogP contribution in [-0.2, 0) is 17.8 Å². The fourth-order valence-electron chi connectivity index (χ4n) is 3.46. The number of fused-ring (bicyclic) bond motifs is 1. The molecule has 1 aromatic carbocycles. The van der Waals surface area contributed by atoms with E-state index in [0.29, 0.717) is 5.56 Å². The summed E-state index contributed by atoms with van der Waals surface area (Å²) in [5, 5.41) is 4.91. The van der Waals surface area contributed by atoms with Crippen LogP contribution in [0.15, 0.2) is 42.7 Å². The van der Waals surface area contributed by atoms with Crippen LogP contribution in [0, 0.1) is 5.82 Å². The highest BCUT2D eigenvalue weighted by Crippen LogP contribution is 2.27. The number of benzene rings is 1. The van der Waals surface area contributed by atoms with Gasteiger partial charge in [-0.1, -0.05) is 6.07 Å². The van der Waals surface area contributed by atoms with Crippen molar-refractivity contribution in [3.63, 3.8) is 0 Å². The third-order valence-corrected chi connectivity index (χ3v) is 4.68. The largest absolute Gasteiger partial charge is 0.331 e. The van der Waals surface area contributed by atoms with Gasteiger partial charge in [0, 0.05) is 30.9 Å². The molecule has 0 saturated carbocycles. The van der Waals surface area contributed by atoms with Crippen molar-refractivity contribution in [2.24, 2.45) is 0 Å². The Kier molecular flexibility index (Phi) is 3.68. The number of nitrogens with one attached hydrogen (secondary N) is 2. The summed E-state index contributed by atoms with van der Waals surface area (Å²) in [6, 6.07) is 6.95. The van der Waals surface area contributed by atoms with E-state index in [0.717, 1.165) is 5.56 Å². The first-order valence-electron chi connectivity index (χ1n) is 8.07. The molecule has 3 heterocycles. The fourth-order valence-corrected chi connectivity index (χ4v) is 3.46. The average molecular weight is 354 g/mol. The zero-order valence-corrected chi connectivity index (χ0v) is 13.7. The number of hydrogen-bond donors (Lipinski definition) is 2. The number of hydrogen-bond acceptors (Lipinski definition) is 4. The first-order chi connectivity index (χ1) is 12.5. The number of imide groups is 1. The quantitative estimate of drug-likeness (QED) is 0.802. The molecular weight excluding hydrogens is 339 g/mol. The summed E-state index contributed by atoms with van der Waals surface area (Å²) in [6.45, 7) is 0.248. The Morgan fingerprint density at radius 3 is 2.62 bits per heavy atom. The number of rotatable bonds is 4. The predicted octanol–water partition coefficient (Wildman–Crippen LogP) is 0.997. The molecule has 2 aliphatic heterocycles. The molecule has 1 fully saturated rings. The second-order valence-corrected chi connectivity index (χ2v) is 6.49. The van der Waals surface area contributed by atoms with Gasteiger partial charge < -0.3 is 10.2 Å². The molecule has 1 saturated heterocycles. The van der Waals surface area contributed by atoms with E-state index in [2.05, 4.69) is 15.6 Å². The molecule has 1 unspecified atom stereocenters. The molecule has 1 aromatic heterocycles. The molecule has 2 N–H and O–H groups in total. The van der Waals surface area contributed by atoms with Gasteiger partial charge in [-0.2, -0.15) is 0 Å². The summed E-state index contributed by atoms with van der Waals surface area (Å²) in [7, 11) is 0. The van der Waals surface area contributed by atoms with Crippen LogP contribution >= 0.6 is 0 Å². The van der Waals surface area contributed by atoms with E-state index in [1.807, 2.05) is 0 Å². The molecule has 2 aromatic rings. The molecule has 0 radical (unpaired) electrons. The Labute approximate surface area is 148 Å². The summed E-state index contributed by atoms with van der Waals surface area (Å²) < 4.78 is 13.4. The lowest BCUT2D eigenvalue weighted by molar-refractivity contribution is -0.124. The lowest BCUT2D eigenvalue weighted by Crippen LogP contribution is -2.56. The van der Waals surface area contributed by atoms with Crippen molar-refractivity contribution < 1.29 is 18.8 Å². The summed E-state index contributed by atoms with van der Waals surface area (Å²) in [6.07, 6.45) is 3.40. The van der Waals surface area contributed by atoms with Crippen molar-refractivity contribution in [3.8, 4) is 0 Å². The molecule has 0 bridgehead atoms. The van der Waals surface area contributed by atoms with Gasteiger partial charge in [0.15, 0.2) is 0 Å². The number of carbonyl (C=O) groups is 3. The summed E-state index contributed by atoms with van der Waals surface area (Å²) in [5.74, 6) is -1.34. The molecule has 1 atom stereocenters. The van der Waals surface area contributed by atoms with Crippen molar-refractivity contribution in [1.82, 2.24) is 20.5 Å². The van der Waals surface area contributed by atoms with Gasteiger partial charge in [-0.25, -0.2) is 9.18 Å². The topological polar surface area (TPSA) is 91.4 Å². The van der Waals surface area contributed by atoms with Crippen LogP contribution in [0.4, 0.5) is 9.18 Å². The lowest BCUT2D eigenvalue weighted by atomic mass is 9.90. The third kappa shape index (κ3) is 2.69. The van der Waals surface area contributed by atoms with Crippen molar-refractivity contribution in [2.75, 3.05) is 6.54 Å². The van der Waals surface area contributed by atoms with Crippen LogP contribution < -0.4 is 10.6 Å². The van der Waals surface area contributed by atoms with E-state index in [-0.39, 0.29) is 31.0 Å². The third-order valence-electron chi connectivity index (χ3n) is 4.68. The van der Waals surface area contributed by atoms with Crippen LogP contribution in [0.5, 0.6) is 0 Å². The predicted molar refractivity (Wildman–Crippen MR) is 88.5 cm³/mol.